The SMILES string of the molecule is C=C(C)CN1CCC(NCc2cccc(C(F)(F)F)c2)CC1. The maximum absolute atomic E-state index is 12.7. The summed E-state index contributed by atoms with van der Waals surface area (Å²) in [6.45, 7) is 9.38. The van der Waals surface area contributed by atoms with Crippen LogP contribution in [0.15, 0.2) is 36.4 Å². The van der Waals surface area contributed by atoms with E-state index in [4.69, 9.17) is 0 Å². The first-order valence-corrected chi connectivity index (χ1v) is 7.61. The Balaban J connectivity index is 1.81. The molecule has 0 spiro atoms. The molecule has 0 bridgehead atoms. The summed E-state index contributed by atoms with van der Waals surface area (Å²) in [7, 11) is 0. The Morgan fingerprint density at radius 3 is 2.59 bits per heavy atom. The van der Waals surface area contributed by atoms with E-state index in [1.807, 2.05) is 6.92 Å². The van der Waals surface area contributed by atoms with E-state index in [2.05, 4.69) is 16.8 Å². The van der Waals surface area contributed by atoms with Crippen molar-refractivity contribution in [2.45, 2.75) is 38.5 Å². The second-order valence-electron chi connectivity index (χ2n) is 6.09. The molecule has 22 heavy (non-hydrogen) atoms. The first kappa shape index (κ1) is 17.0. The van der Waals surface area contributed by atoms with Gasteiger partial charge in [0.1, 0.15) is 0 Å². The van der Waals surface area contributed by atoms with Gasteiger partial charge in [0.2, 0.25) is 0 Å². The summed E-state index contributed by atoms with van der Waals surface area (Å²) in [5.41, 5.74) is 1.26. The van der Waals surface area contributed by atoms with Crippen LogP contribution in [0.3, 0.4) is 0 Å². The second kappa shape index (κ2) is 7.29. The normalized spacial score (nSPS) is 17.6. The topological polar surface area (TPSA) is 15.3 Å². The molecule has 1 N–H and O–H groups in total. The third-order valence-corrected chi connectivity index (χ3v) is 3.93. The Morgan fingerprint density at radius 1 is 1.32 bits per heavy atom. The van der Waals surface area contributed by atoms with Crippen molar-refractivity contribution < 1.29 is 13.2 Å². The van der Waals surface area contributed by atoms with Gasteiger partial charge in [0, 0.05) is 19.1 Å². The van der Waals surface area contributed by atoms with Gasteiger partial charge in [-0.25, -0.2) is 0 Å². The van der Waals surface area contributed by atoms with Crippen LogP contribution < -0.4 is 5.32 Å². The van der Waals surface area contributed by atoms with Crippen molar-refractivity contribution in [3.8, 4) is 0 Å². The van der Waals surface area contributed by atoms with Gasteiger partial charge in [-0.2, -0.15) is 13.2 Å². The highest BCUT2D eigenvalue weighted by Crippen LogP contribution is 2.29. The lowest BCUT2D eigenvalue weighted by Gasteiger charge is -2.32. The minimum absolute atomic E-state index is 0.371. The van der Waals surface area contributed by atoms with E-state index >= 15 is 0 Å². The largest absolute Gasteiger partial charge is 0.416 e. The molecule has 1 aromatic carbocycles. The molecular formula is C17H23F3N2. The molecule has 0 amide bonds. The van der Waals surface area contributed by atoms with Crippen LogP contribution in [0, 0.1) is 0 Å². The monoisotopic (exact) mass is 312 g/mol. The van der Waals surface area contributed by atoms with Crippen LogP contribution in [0.1, 0.15) is 30.9 Å². The zero-order chi connectivity index (χ0) is 16.2. The second-order valence-corrected chi connectivity index (χ2v) is 6.09. The van der Waals surface area contributed by atoms with Gasteiger partial charge in [-0.15, -0.1) is 0 Å². The van der Waals surface area contributed by atoms with E-state index in [-0.39, 0.29) is 0 Å². The third-order valence-electron chi connectivity index (χ3n) is 3.93. The van der Waals surface area contributed by atoms with Gasteiger partial charge in [-0.3, -0.25) is 4.90 Å². The zero-order valence-electron chi connectivity index (χ0n) is 12.9. The standard InChI is InChI=1S/C17H23F3N2/c1-13(2)12-22-8-6-16(7-9-22)21-11-14-4-3-5-15(10-14)17(18,19)20/h3-5,10,16,21H,1,6-9,11-12H2,2H3. The lowest BCUT2D eigenvalue weighted by atomic mass is 10.0. The van der Waals surface area contributed by atoms with Crippen LogP contribution in [0.2, 0.25) is 0 Å². The maximum Gasteiger partial charge on any atom is 0.416 e. The van der Waals surface area contributed by atoms with Gasteiger partial charge in [0.05, 0.1) is 5.56 Å². The van der Waals surface area contributed by atoms with E-state index < -0.39 is 11.7 Å². The first-order chi connectivity index (χ1) is 10.3. The Bertz CT molecular complexity index is 503. The van der Waals surface area contributed by atoms with Crippen molar-refractivity contribution in [3.63, 3.8) is 0 Å². The average molecular weight is 312 g/mol. The lowest BCUT2D eigenvalue weighted by Crippen LogP contribution is -2.42. The summed E-state index contributed by atoms with van der Waals surface area (Å²) >= 11 is 0. The Kier molecular flexibility index (Phi) is 5.64. The molecule has 122 valence electrons. The highest BCUT2D eigenvalue weighted by Gasteiger charge is 2.30. The third kappa shape index (κ3) is 5.14. The highest BCUT2D eigenvalue weighted by atomic mass is 19.4. The number of alkyl halides is 3. The van der Waals surface area contributed by atoms with Crippen molar-refractivity contribution in [1.29, 1.82) is 0 Å². The van der Waals surface area contributed by atoms with E-state index in [1.165, 1.54) is 12.1 Å². The molecule has 1 fully saturated rings. The number of rotatable bonds is 5. The molecule has 2 nitrogen and oxygen atoms in total. The van der Waals surface area contributed by atoms with E-state index in [0.717, 1.165) is 44.1 Å². The summed E-state index contributed by atoms with van der Waals surface area (Å²) in [6, 6.07) is 5.91. The molecule has 1 aliphatic heterocycles. The molecule has 0 radical (unpaired) electrons. The summed E-state index contributed by atoms with van der Waals surface area (Å²) in [4.78, 5) is 2.37. The first-order valence-electron chi connectivity index (χ1n) is 7.61. The summed E-state index contributed by atoms with van der Waals surface area (Å²) in [5, 5.41) is 3.37. The number of likely N-dealkylation sites (tertiary alicyclic amines) is 1. The lowest BCUT2D eigenvalue weighted by molar-refractivity contribution is -0.137. The number of hydrogen-bond acceptors (Lipinski definition) is 2. The van der Waals surface area contributed by atoms with Crippen LogP contribution >= 0.6 is 0 Å². The maximum atomic E-state index is 12.7. The molecule has 0 saturated carbocycles. The highest BCUT2D eigenvalue weighted by molar-refractivity contribution is 5.25. The van der Waals surface area contributed by atoms with Crippen LogP contribution in [-0.4, -0.2) is 30.6 Å². The summed E-state index contributed by atoms with van der Waals surface area (Å²) in [5.74, 6) is 0. The predicted molar refractivity (Wildman–Crippen MR) is 82.6 cm³/mol. The predicted octanol–water partition coefficient (Wildman–Crippen LogP) is 3.84. The number of benzene rings is 1. The molecular weight excluding hydrogens is 289 g/mol. The molecule has 2 rings (SSSR count). The number of nitrogens with zero attached hydrogens (tertiary/aromatic N) is 1. The molecule has 1 aliphatic rings. The zero-order valence-corrected chi connectivity index (χ0v) is 12.9. The Labute approximate surface area is 130 Å². The molecule has 0 atom stereocenters. The minimum Gasteiger partial charge on any atom is -0.310 e. The average Bonchev–Trinajstić information content (AvgIpc) is 2.45. The van der Waals surface area contributed by atoms with Gasteiger partial charge in [-0.05, 0) is 44.5 Å². The van der Waals surface area contributed by atoms with E-state index in [0.29, 0.717) is 18.2 Å². The Morgan fingerprint density at radius 2 is 2.00 bits per heavy atom. The molecule has 1 aromatic rings. The van der Waals surface area contributed by atoms with Gasteiger partial charge in [-0.1, -0.05) is 30.4 Å². The van der Waals surface area contributed by atoms with Crippen molar-refractivity contribution in [3.05, 3.63) is 47.5 Å². The fourth-order valence-electron chi connectivity index (χ4n) is 2.80. The molecule has 5 heteroatoms. The number of halogens is 3. The van der Waals surface area contributed by atoms with Crippen LogP contribution in [0.5, 0.6) is 0 Å². The van der Waals surface area contributed by atoms with Gasteiger partial charge in [0.25, 0.3) is 0 Å². The van der Waals surface area contributed by atoms with Crippen molar-refractivity contribution in [1.82, 2.24) is 10.2 Å². The number of hydrogen-bond donors (Lipinski definition) is 1. The fourth-order valence-corrected chi connectivity index (χ4v) is 2.80. The smallest absolute Gasteiger partial charge is 0.310 e. The van der Waals surface area contributed by atoms with E-state index in [9.17, 15) is 13.2 Å². The quantitative estimate of drug-likeness (QED) is 0.831. The molecule has 1 heterocycles. The van der Waals surface area contributed by atoms with Crippen molar-refractivity contribution in [2.75, 3.05) is 19.6 Å². The van der Waals surface area contributed by atoms with Gasteiger partial charge < -0.3 is 5.32 Å². The number of piperidine rings is 1. The summed E-state index contributed by atoms with van der Waals surface area (Å²) < 4.78 is 38.0. The van der Waals surface area contributed by atoms with Crippen molar-refractivity contribution in [2.24, 2.45) is 0 Å². The minimum atomic E-state index is -4.27. The molecule has 1 saturated heterocycles. The van der Waals surface area contributed by atoms with E-state index in [1.54, 1.807) is 6.07 Å². The molecule has 0 aromatic heterocycles. The Hall–Kier alpha value is -1.33. The van der Waals surface area contributed by atoms with Crippen LogP contribution in [0.4, 0.5) is 13.2 Å². The van der Waals surface area contributed by atoms with Gasteiger partial charge >= 0.3 is 6.18 Å². The van der Waals surface area contributed by atoms with Crippen LogP contribution in [0.25, 0.3) is 0 Å². The fraction of sp³-hybridized carbons (Fsp3) is 0.529. The molecule has 0 aliphatic carbocycles. The van der Waals surface area contributed by atoms with Crippen molar-refractivity contribution >= 4 is 0 Å². The van der Waals surface area contributed by atoms with Gasteiger partial charge in [0.15, 0.2) is 0 Å². The van der Waals surface area contributed by atoms with Crippen LogP contribution in [-0.2, 0) is 12.7 Å². The molecule has 0 unspecified atom stereocenters. The number of nitrogens with one attached hydrogen (secondary N) is 1. The summed E-state index contributed by atoms with van der Waals surface area (Å²) in [6.07, 6.45) is -2.23.